The zero-order valence-electron chi connectivity index (χ0n) is 11.0. The van der Waals surface area contributed by atoms with Gasteiger partial charge in [-0.3, -0.25) is 4.99 Å². The largest absolute Gasteiger partial charge is 0.383 e. The molecule has 1 unspecified atom stereocenters. The summed E-state index contributed by atoms with van der Waals surface area (Å²) in [5, 5.41) is 15.8. The third-order valence-corrected chi connectivity index (χ3v) is 2.57. The lowest BCUT2D eigenvalue weighted by Gasteiger charge is -2.25. The Balaban J connectivity index is 0.00000324. The molecule has 1 rings (SSSR count). The molecule has 0 aliphatic carbocycles. The SMILES string of the molecule is CN=C(NC)NCC(C)(O)c1ccc(F)cc1F.I. The van der Waals surface area contributed by atoms with Crippen molar-refractivity contribution < 1.29 is 13.9 Å². The Morgan fingerprint density at radius 2 is 2.05 bits per heavy atom. The quantitative estimate of drug-likeness (QED) is 0.421. The maximum absolute atomic E-state index is 13.6. The van der Waals surface area contributed by atoms with E-state index in [1.807, 2.05) is 0 Å². The lowest BCUT2D eigenvalue weighted by molar-refractivity contribution is 0.0578. The van der Waals surface area contributed by atoms with Crippen molar-refractivity contribution in [2.24, 2.45) is 4.99 Å². The van der Waals surface area contributed by atoms with Crippen LogP contribution in [0.15, 0.2) is 23.2 Å². The highest BCUT2D eigenvalue weighted by molar-refractivity contribution is 14.0. The fourth-order valence-electron chi connectivity index (χ4n) is 1.56. The minimum atomic E-state index is -1.47. The van der Waals surface area contributed by atoms with Crippen molar-refractivity contribution in [1.82, 2.24) is 10.6 Å². The first-order chi connectivity index (χ1) is 8.40. The van der Waals surface area contributed by atoms with Crippen LogP contribution in [0, 0.1) is 11.6 Å². The Hall–Kier alpha value is -0.960. The predicted molar refractivity (Wildman–Crippen MR) is 81.8 cm³/mol. The van der Waals surface area contributed by atoms with E-state index in [0.717, 1.165) is 12.1 Å². The van der Waals surface area contributed by atoms with Gasteiger partial charge in [0.05, 0.1) is 6.54 Å². The molecule has 0 saturated carbocycles. The first-order valence-corrected chi connectivity index (χ1v) is 5.47. The highest BCUT2D eigenvalue weighted by Crippen LogP contribution is 2.23. The van der Waals surface area contributed by atoms with Gasteiger partial charge in [0.15, 0.2) is 5.96 Å². The standard InChI is InChI=1S/C12H17F2N3O.HI/c1-12(18,7-17-11(15-2)16-3)9-5-4-8(13)6-10(9)14;/h4-6,18H,7H2,1-3H3,(H2,15,16,17);1H. The van der Waals surface area contributed by atoms with Gasteiger partial charge in [0.25, 0.3) is 0 Å². The second-order valence-corrected chi connectivity index (χ2v) is 4.07. The number of aliphatic hydroxyl groups is 1. The van der Waals surface area contributed by atoms with Crippen molar-refractivity contribution in [3.05, 3.63) is 35.4 Å². The number of nitrogens with one attached hydrogen (secondary N) is 2. The number of hydrogen-bond acceptors (Lipinski definition) is 2. The van der Waals surface area contributed by atoms with E-state index in [-0.39, 0.29) is 36.1 Å². The van der Waals surface area contributed by atoms with Crippen molar-refractivity contribution >= 4 is 29.9 Å². The molecule has 0 amide bonds. The topological polar surface area (TPSA) is 56.7 Å². The summed E-state index contributed by atoms with van der Waals surface area (Å²) < 4.78 is 26.4. The zero-order valence-corrected chi connectivity index (χ0v) is 13.3. The molecule has 0 aromatic heterocycles. The van der Waals surface area contributed by atoms with Gasteiger partial charge in [-0.2, -0.15) is 0 Å². The molecular weight excluding hydrogens is 367 g/mol. The third kappa shape index (κ3) is 4.90. The Labute approximate surface area is 128 Å². The lowest BCUT2D eigenvalue weighted by Crippen LogP contribution is -2.43. The summed E-state index contributed by atoms with van der Waals surface area (Å²) in [4.78, 5) is 3.87. The average Bonchev–Trinajstić information content (AvgIpc) is 2.29. The van der Waals surface area contributed by atoms with Gasteiger partial charge >= 0.3 is 0 Å². The minimum absolute atomic E-state index is 0. The highest BCUT2D eigenvalue weighted by atomic mass is 127. The monoisotopic (exact) mass is 385 g/mol. The van der Waals surface area contributed by atoms with Gasteiger partial charge in [-0.15, -0.1) is 24.0 Å². The summed E-state index contributed by atoms with van der Waals surface area (Å²) in [6, 6.07) is 3.09. The molecule has 0 radical (unpaired) electrons. The van der Waals surface area contributed by atoms with Crippen LogP contribution in [0.3, 0.4) is 0 Å². The highest BCUT2D eigenvalue weighted by Gasteiger charge is 2.27. The molecule has 0 spiro atoms. The summed E-state index contributed by atoms with van der Waals surface area (Å²) in [5.74, 6) is -0.981. The average molecular weight is 385 g/mol. The first kappa shape index (κ1) is 18.0. The maximum atomic E-state index is 13.6. The molecule has 3 N–H and O–H groups in total. The molecule has 1 aromatic carbocycles. The molecule has 0 fully saturated rings. The number of guanidine groups is 1. The van der Waals surface area contributed by atoms with Gasteiger partial charge in [0.1, 0.15) is 17.2 Å². The third-order valence-electron chi connectivity index (χ3n) is 2.57. The summed E-state index contributed by atoms with van der Waals surface area (Å²) in [7, 11) is 3.24. The first-order valence-electron chi connectivity index (χ1n) is 5.47. The van der Waals surface area contributed by atoms with E-state index >= 15 is 0 Å². The zero-order chi connectivity index (χ0) is 13.8. The molecule has 0 bridgehead atoms. The van der Waals surface area contributed by atoms with Crippen LogP contribution < -0.4 is 10.6 Å². The van der Waals surface area contributed by atoms with Crippen LogP contribution in [0.4, 0.5) is 8.78 Å². The van der Waals surface area contributed by atoms with Gasteiger partial charge in [-0.1, -0.05) is 6.07 Å². The fraction of sp³-hybridized carbons (Fsp3) is 0.417. The van der Waals surface area contributed by atoms with Gasteiger partial charge in [0.2, 0.25) is 0 Å². The van der Waals surface area contributed by atoms with E-state index in [1.54, 1.807) is 14.1 Å². The number of halogens is 3. The molecule has 4 nitrogen and oxygen atoms in total. The Bertz CT molecular complexity index is 453. The van der Waals surface area contributed by atoms with E-state index in [0.29, 0.717) is 5.96 Å². The molecule has 0 aliphatic rings. The van der Waals surface area contributed by atoms with E-state index in [9.17, 15) is 13.9 Å². The smallest absolute Gasteiger partial charge is 0.190 e. The molecule has 7 heteroatoms. The van der Waals surface area contributed by atoms with Crippen LogP contribution in [-0.2, 0) is 5.60 Å². The number of rotatable bonds is 3. The van der Waals surface area contributed by atoms with Crippen molar-refractivity contribution in [2.75, 3.05) is 20.6 Å². The van der Waals surface area contributed by atoms with Crippen molar-refractivity contribution in [1.29, 1.82) is 0 Å². The van der Waals surface area contributed by atoms with Crippen molar-refractivity contribution in [2.45, 2.75) is 12.5 Å². The second-order valence-electron chi connectivity index (χ2n) is 4.07. The molecule has 19 heavy (non-hydrogen) atoms. The molecule has 0 aliphatic heterocycles. The van der Waals surface area contributed by atoms with Crippen LogP contribution in [0.1, 0.15) is 12.5 Å². The molecule has 1 atom stereocenters. The van der Waals surface area contributed by atoms with Crippen LogP contribution in [-0.4, -0.2) is 31.7 Å². The van der Waals surface area contributed by atoms with Gasteiger partial charge in [-0.25, -0.2) is 8.78 Å². The summed E-state index contributed by atoms with van der Waals surface area (Å²) in [6.45, 7) is 1.49. The van der Waals surface area contributed by atoms with Gasteiger partial charge < -0.3 is 15.7 Å². The lowest BCUT2D eigenvalue weighted by atomic mass is 9.95. The van der Waals surface area contributed by atoms with E-state index in [2.05, 4.69) is 15.6 Å². The van der Waals surface area contributed by atoms with Crippen LogP contribution in [0.5, 0.6) is 0 Å². The summed E-state index contributed by atoms with van der Waals surface area (Å²) in [6.07, 6.45) is 0. The summed E-state index contributed by atoms with van der Waals surface area (Å²) in [5.41, 5.74) is -1.44. The number of aliphatic imine (C=N–C) groups is 1. The maximum Gasteiger partial charge on any atom is 0.190 e. The van der Waals surface area contributed by atoms with Gasteiger partial charge in [-0.05, 0) is 13.0 Å². The molecule has 108 valence electrons. The van der Waals surface area contributed by atoms with Crippen molar-refractivity contribution in [3.63, 3.8) is 0 Å². The van der Waals surface area contributed by atoms with E-state index < -0.39 is 17.2 Å². The van der Waals surface area contributed by atoms with Crippen LogP contribution in [0.2, 0.25) is 0 Å². The van der Waals surface area contributed by atoms with Crippen LogP contribution in [0.25, 0.3) is 0 Å². The Morgan fingerprint density at radius 1 is 1.42 bits per heavy atom. The normalized spacial score (nSPS) is 14.3. The molecule has 0 heterocycles. The van der Waals surface area contributed by atoms with E-state index in [1.165, 1.54) is 13.0 Å². The summed E-state index contributed by atoms with van der Waals surface area (Å²) >= 11 is 0. The van der Waals surface area contributed by atoms with Crippen LogP contribution >= 0.6 is 24.0 Å². The Morgan fingerprint density at radius 3 is 2.53 bits per heavy atom. The Kier molecular flexibility index (Phi) is 7.20. The number of benzene rings is 1. The van der Waals surface area contributed by atoms with Gasteiger partial charge in [0, 0.05) is 25.7 Å². The number of nitrogens with zero attached hydrogens (tertiary/aromatic N) is 1. The molecule has 1 aromatic rings. The van der Waals surface area contributed by atoms with E-state index in [4.69, 9.17) is 0 Å². The fourth-order valence-corrected chi connectivity index (χ4v) is 1.56. The molecule has 0 saturated heterocycles. The minimum Gasteiger partial charge on any atom is -0.383 e. The predicted octanol–water partition coefficient (Wildman–Crippen LogP) is 1.59. The van der Waals surface area contributed by atoms with Crippen molar-refractivity contribution in [3.8, 4) is 0 Å². The molecular formula is C12H18F2IN3O. The number of hydrogen-bond donors (Lipinski definition) is 3. The second kappa shape index (κ2) is 7.59.